The van der Waals surface area contributed by atoms with Crippen LogP contribution < -0.4 is 0 Å². The standard InChI is InChI=1S/C15H20O4/c1-14(13(18)19-2)8-15-5-3-4-9(15)6-10(14)12(17)11(15)7-16/h6,10-11,16H,3-5,7-8H2,1-2H3. The number of hydrogen-bond acceptors (Lipinski definition) is 4. The lowest BCUT2D eigenvalue weighted by Crippen LogP contribution is -2.59. The lowest BCUT2D eigenvalue weighted by Gasteiger charge is -2.55. The third-order valence-corrected chi connectivity index (χ3v) is 5.60. The van der Waals surface area contributed by atoms with Crippen LogP contribution in [0.15, 0.2) is 11.6 Å². The lowest BCUT2D eigenvalue weighted by atomic mass is 9.47. The first-order valence-corrected chi connectivity index (χ1v) is 6.94. The van der Waals surface area contributed by atoms with Crippen molar-refractivity contribution in [2.75, 3.05) is 13.7 Å². The first kappa shape index (κ1) is 12.9. The van der Waals surface area contributed by atoms with Crippen molar-refractivity contribution in [1.82, 2.24) is 0 Å². The second-order valence-electron chi connectivity index (χ2n) is 6.40. The van der Waals surface area contributed by atoms with Crippen molar-refractivity contribution in [3.63, 3.8) is 0 Å². The van der Waals surface area contributed by atoms with E-state index >= 15 is 0 Å². The second kappa shape index (κ2) is 3.92. The molecule has 0 aromatic heterocycles. The minimum Gasteiger partial charge on any atom is -0.469 e. The molecular weight excluding hydrogens is 244 g/mol. The van der Waals surface area contributed by atoms with Crippen LogP contribution >= 0.6 is 0 Å². The molecule has 0 aliphatic heterocycles. The van der Waals surface area contributed by atoms with Crippen molar-refractivity contribution in [3.8, 4) is 0 Å². The molecule has 2 bridgehead atoms. The highest BCUT2D eigenvalue weighted by molar-refractivity contribution is 5.96. The lowest BCUT2D eigenvalue weighted by molar-refractivity contribution is -0.169. The number of fused-ring (bicyclic) bond motifs is 2. The van der Waals surface area contributed by atoms with Gasteiger partial charge in [-0.3, -0.25) is 9.59 Å². The molecule has 4 unspecified atom stereocenters. The Labute approximate surface area is 112 Å². The summed E-state index contributed by atoms with van der Waals surface area (Å²) in [4.78, 5) is 24.7. The summed E-state index contributed by atoms with van der Waals surface area (Å²) in [7, 11) is 1.38. The maximum absolute atomic E-state index is 12.6. The second-order valence-corrected chi connectivity index (χ2v) is 6.40. The fourth-order valence-corrected chi connectivity index (χ4v) is 4.71. The number of carbonyl (C=O) groups is 2. The topological polar surface area (TPSA) is 63.6 Å². The van der Waals surface area contributed by atoms with Crippen LogP contribution in [0, 0.1) is 22.7 Å². The molecule has 19 heavy (non-hydrogen) atoms. The molecule has 0 amide bonds. The van der Waals surface area contributed by atoms with Crippen molar-refractivity contribution in [2.45, 2.75) is 32.6 Å². The highest BCUT2D eigenvalue weighted by Gasteiger charge is 2.65. The molecule has 4 rings (SSSR count). The predicted molar refractivity (Wildman–Crippen MR) is 68.2 cm³/mol. The first-order valence-electron chi connectivity index (χ1n) is 6.94. The van der Waals surface area contributed by atoms with Crippen LogP contribution in [0.2, 0.25) is 0 Å². The van der Waals surface area contributed by atoms with E-state index in [1.807, 2.05) is 13.0 Å². The summed E-state index contributed by atoms with van der Waals surface area (Å²) in [5, 5.41) is 9.63. The van der Waals surface area contributed by atoms with Crippen LogP contribution in [-0.2, 0) is 14.3 Å². The van der Waals surface area contributed by atoms with E-state index < -0.39 is 11.3 Å². The molecule has 1 spiro atoms. The van der Waals surface area contributed by atoms with Gasteiger partial charge in [-0.05, 0) is 32.6 Å². The third-order valence-electron chi connectivity index (χ3n) is 5.60. The molecule has 0 heterocycles. The number of ketones is 1. The first-order chi connectivity index (χ1) is 8.99. The van der Waals surface area contributed by atoms with Crippen LogP contribution in [0.5, 0.6) is 0 Å². The van der Waals surface area contributed by atoms with Crippen molar-refractivity contribution < 1.29 is 19.4 Å². The number of hydrogen-bond donors (Lipinski definition) is 1. The van der Waals surface area contributed by atoms with Crippen molar-refractivity contribution in [2.24, 2.45) is 22.7 Å². The Balaban J connectivity index is 2.13. The average Bonchev–Trinajstić information content (AvgIpc) is 2.80. The molecule has 0 aromatic carbocycles. The molecule has 104 valence electrons. The van der Waals surface area contributed by atoms with E-state index in [0.29, 0.717) is 6.42 Å². The zero-order valence-electron chi connectivity index (χ0n) is 11.4. The highest BCUT2D eigenvalue weighted by atomic mass is 16.5. The van der Waals surface area contributed by atoms with Gasteiger partial charge in [-0.25, -0.2) is 0 Å². The van der Waals surface area contributed by atoms with E-state index in [4.69, 9.17) is 4.74 Å². The summed E-state index contributed by atoms with van der Waals surface area (Å²) >= 11 is 0. The number of aliphatic hydroxyl groups excluding tert-OH is 1. The molecule has 0 radical (unpaired) electrons. The van der Waals surface area contributed by atoms with Gasteiger partial charge in [0, 0.05) is 5.41 Å². The zero-order chi connectivity index (χ0) is 13.8. The van der Waals surface area contributed by atoms with E-state index in [0.717, 1.165) is 19.3 Å². The number of allylic oxidation sites excluding steroid dienone is 2. The fraction of sp³-hybridized carbons (Fsp3) is 0.733. The molecule has 4 nitrogen and oxygen atoms in total. The number of ether oxygens (including phenoxy) is 1. The molecule has 0 aromatic rings. The summed E-state index contributed by atoms with van der Waals surface area (Å²) in [6.45, 7) is 1.73. The summed E-state index contributed by atoms with van der Waals surface area (Å²) in [6.07, 6.45) is 5.58. The Morgan fingerprint density at radius 1 is 1.58 bits per heavy atom. The molecular formula is C15H20O4. The Bertz CT molecular complexity index is 481. The average molecular weight is 264 g/mol. The van der Waals surface area contributed by atoms with Crippen molar-refractivity contribution >= 4 is 11.8 Å². The van der Waals surface area contributed by atoms with Crippen LogP contribution in [0.1, 0.15) is 32.6 Å². The van der Waals surface area contributed by atoms with E-state index in [1.54, 1.807) is 0 Å². The van der Waals surface area contributed by atoms with Gasteiger partial charge in [-0.2, -0.15) is 0 Å². The maximum Gasteiger partial charge on any atom is 0.312 e. The number of esters is 1. The quantitative estimate of drug-likeness (QED) is 0.606. The van der Waals surface area contributed by atoms with E-state index in [-0.39, 0.29) is 29.7 Å². The van der Waals surface area contributed by atoms with Gasteiger partial charge in [0.05, 0.1) is 31.0 Å². The minimum atomic E-state index is -0.759. The fourth-order valence-electron chi connectivity index (χ4n) is 4.71. The molecule has 1 N–H and O–H groups in total. The third kappa shape index (κ3) is 1.38. The van der Waals surface area contributed by atoms with E-state index in [1.165, 1.54) is 12.7 Å². The molecule has 4 aliphatic rings. The van der Waals surface area contributed by atoms with Gasteiger partial charge in [0.15, 0.2) is 0 Å². The smallest absolute Gasteiger partial charge is 0.312 e. The van der Waals surface area contributed by atoms with Crippen LogP contribution in [0.3, 0.4) is 0 Å². The molecule has 4 aliphatic carbocycles. The van der Waals surface area contributed by atoms with Gasteiger partial charge in [0.2, 0.25) is 0 Å². The highest BCUT2D eigenvalue weighted by Crippen LogP contribution is 2.65. The summed E-state index contributed by atoms with van der Waals surface area (Å²) in [6, 6.07) is 0. The molecule has 4 heteroatoms. The Kier molecular flexibility index (Phi) is 2.65. The van der Waals surface area contributed by atoms with Crippen LogP contribution in [0.4, 0.5) is 0 Å². The van der Waals surface area contributed by atoms with Gasteiger partial charge >= 0.3 is 5.97 Å². The van der Waals surface area contributed by atoms with Gasteiger partial charge in [0.1, 0.15) is 5.78 Å². The number of carbonyl (C=O) groups excluding carboxylic acids is 2. The SMILES string of the molecule is COC(=O)C1(C)CC23CCCC2=CC1C(=O)C3CO. The Morgan fingerprint density at radius 3 is 2.95 bits per heavy atom. The van der Waals surface area contributed by atoms with Crippen LogP contribution in [-0.4, -0.2) is 30.6 Å². The molecule has 0 saturated heterocycles. The zero-order valence-corrected chi connectivity index (χ0v) is 11.4. The molecule has 4 atom stereocenters. The summed E-state index contributed by atoms with van der Waals surface area (Å²) < 4.78 is 4.92. The van der Waals surface area contributed by atoms with Gasteiger partial charge in [-0.1, -0.05) is 11.6 Å². The van der Waals surface area contributed by atoms with Gasteiger partial charge in [0.25, 0.3) is 0 Å². The van der Waals surface area contributed by atoms with E-state index in [9.17, 15) is 14.7 Å². The number of Topliss-reactive ketones (excluding diaryl/α,β-unsaturated/α-hetero) is 1. The minimum absolute atomic E-state index is 0.0206. The van der Waals surface area contributed by atoms with Gasteiger partial charge in [-0.15, -0.1) is 0 Å². The monoisotopic (exact) mass is 264 g/mol. The van der Waals surface area contributed by atoms with Gasteiger partial charge < -0.3 is 9.84 Å². The number of rotatable bonds is 2. The Hall–Kier alpha value is -1.16. The van der Waals surface area contributed by atoms with Crippen molar-refractivity contribution in [1.29, 1.82) is 0 Å². The number of aliphatic hydroxyl groups is 1. The summed E-state index contributed by atoms with van der Waals surface area (Å²) in [5.74, 6) is -1.03. The van der Waals surface area contributed by atoms with Crippen molar-refractivity contribution in [3.05, 3.63) is 11.6 Å². The van der Waals surface area contributed by atoms with E-state index in [2.05, 4.69) is 0 Å². The molecule has 2 fully saturated rings. The maximum atomic E-state index is 12.6. The number of methoxy groups -OCH3 is 1. The largest absolute Gasteiger partial charge is 0.469 e. The molecule has 2 saturated carbocycles. The normalized spacial score (nSPS) is 43.9. The Morgan fingerprint density at radius 2 is 2.32 bits per heavy atom. The predicted octanol–water partition coefficient (Wildman–Crippen LogP) is 1.47. The van der Waals surface area contributed by atoms with Crippen LogP contribution in [0.25, 0.3) is 0 Å². The summed E-state index contributed by atoms with van der Waals surface area (Å²) in [5.41, 5.74) is 0.243.